The van der Waals surface area contributed by atoms with E-state index in [9.17, 15) is 44.3 Å². The second-order valence-electron chi connectivity index (χ2n) is 9.83. The van der Waals surface area contributed by atoms with Gasteiger partial charge in [0, 0.05) is 42.8 Å². The number of hydrogen-bond acceptors (Lipinski definition) is 6. The predicted octanol–water partition coefficient (Wildman–Crippen LogP) is 4.10. The van der Waals surface area contributed by atoms with Crippen molar-refractivity contribution in [2.45, 2.75) is 68.7 Å². The second kappa shape index (κ2) is 11.2. The van der Waals surface area contributed by atoms with Crippen molar-refractivity contribution in [3.63, 3.8) is 0 Å². The van der Waals surface area contributed by atoms with Crippen LogP contribution in [0.2, 0.25) is 0 Å². The summed E-state index contributed by atoms with van der Waals surface area (Å²) in [5, 5.41) is 4.89. The van der Waals surface area contributed by atoms with E-state index in [-0.39, 0.29) is 30.8 Å². The van der Waals surface area contributed by atoms with Crippen LogP contribution in [-0.2, 0) is 31.7 Å². The van der Waals surface area contributed by atoms with E-state index in [1.165, 1.54) is 16.9 Å². The van der Waals surface area contributed by atoms with Crippen molar-refractivity contribution < 1.29 is 53.5 Å². The molecule has 1 aromatic carbocycles. The summed E-state index contributed by atoms with van der Waals surface area (Å²) in [5.41, 5.74) is -6.24. The number of carbonyl (C=O) groups excluding carboxylic acids is 2. The maximum atomic E-state index is 15.3. The number of hydrogen-bond donors (Lipinski definition) is 2. The van der Waals surface area contributed by atoms with Gasteiger partial charge in [-0.3, -0.25) is 14.3 Å². The molecule has 9 nitrogen and oxygen atoms in total. The average molecular weight is 627 g/mol. The Morgan fingerprint density at radius 1 is 1.19 bits per heavy atom. The minimum Gasteiger partial charge on any atom is -0.493 e. The maximum Gasteiger partial charge on any atom is 0.416 e. The van der Waals surface area contributed by atoms with E-state index in [4.69, 9.17) is 4.74 Å². The van der Waals surface area contributed by atoms with Gasteiger partial charge >= 0.3 is 12.4 Å². The van der Waals surface area contributed by atoms with E-state index in [1.807, 2.05) is 0 Å². The molecule has 1 aliphatic heterocycles. The van der Waals surface area contributed by atoms with Crippen LogP contribution < -0.4 is 14.8 Å². The van der Waals surface area contributed by atoms with Crippen LogP contribution >= 0.6 is 0 Å². The number of carbonyl (C=O) groups is 2. The summed E-state index contributed by atoms with van der Waals surface area (Å²) in [6.07, 6.45) is -10.8. The van der Waals surface area contributed by atoms with Gasteiger partial charge in [-0.15, -0.1) is 0 Å². The van der Waals surface area contributed by atoms with Crippen LogP contribution in [0.1, 0.15) is 50.3 Å². The fraction of sp³-hybridized carbons (Fsp3) is 0.480. The Balaban J connectivity index is 1.75. The van der Waals surface area contributed by atoms with Crippen LogP contribution in [0.15, 0.2) is 36.0 Å². The number of amides is 2. The smallest absolute Gasteiger partial charge is 0.416 e. The lowest BCUT2D eigenvalue weighted by Gasteiger charge is -2.41. The summed E-state index contributed by atoms with van der Waals surface area (Å²) in [5.74, 6) is -4.92. The molecule has 2 N–H and O–H groups in total. The number of nitrogens with zero attached hydrogens (tertiary/aromatic N) is 2. The normalized spacial score (nSPS) is 20.0. The van der Waals surface area contributed by atoms with Crippen LogP contribution in [0, 0.1) is 5.82 Å². The van der Waals surface area contributed by atoms with E-state index in [2.05, 4.69) is 5.10 Å². The van der Waals surface area contributed by atoms with Gasteiger partial charge < -0.3 is 10.1 Å². The van der Waals surface area contributed by atoms with Crippen molar-refractivity contribution in [3.8, 4) is 5.75 Å². The van der Waals surface area contributed by atoms with Crippen molar-refractivity contribution in [3.05, 3.63) is 53.1 Å². The Morgan fingerprint density at radius 3 is 2.43 bits per heavy atom. The summed E-state index contributed by atoms with van der Waals surface area (Å²) in [4.78, 5) is 26.3. The molecule has 2 aromatic rings. The van der Waals surface area contributed by atoms with E-state index in [0.29, 0.717) is 12.1 Å². The van der Waals surface area contributed by atoms with E-state index in [1.54, 1.807) is 17.0 Å². The highest BCUT2D eigenvalue weighted by Gasteiger charge is 2.61. The molecule has 2 heterocycles. The first-order valence-corrected chi connectivity index (χ1v) is 14.2. The van der Waals surface area contributed by atoms with E-state index >= 15 is 4.39 Å². The van der Waals surface area contributed by atoms with Crippen molar-refractivity contribution in [1.82, 2.24) is 19.8 Å². The lowest BCUT2D eigenvalue weighted by atomic mass is 9.77. The van der Waals surface area contributed by atoms with Gasteiger partial charge in [0.25, 0.3) is 11.8 Å². The first-order chi connectivity index (χ1) is 19.5. The summed E-state index contributed by atoms with van der Waals surface area (Å²) in [6.45, 7) is 1.44. The number of alkyl halides is 6. The molecule has 1 fully saturated rings. The molecule has 0 bridgehead atoms. The summed E-state index contributed by atoms with van der Waals surface area (Å²) < 4.78 is 130. The number of halogens is 7. The van der Waals surface area contributed by atoms with Gasteiger partial charge in [0.05, 0.1) is 17.6 Å². The molecule has 42 heavy (non-hydrogen) atoms. The molecule has 2 aliphatic rings. The van der Waals surface area contributed by atoms with Crippen LogP contribution in [0.3, 0.4) is 0 Å². The number of benzene rings is 1. The summed E-state index contributed by atoms with van der Waals surface area (Å²) in [7, 11) is -4.20. The molecule has 4 rings (SSSR count). The average Bonchev–Trinajstić information content (AvgIpc) is 3.63. The molecule has 1 aliphatic carbocycles. The monoisotopic (exact) mass is 626 g/mol. The van der Waals surface area contributed by atoms with Gasteiger partial charge in [-0.25, -0.2) is 17.5 Å². The molecule has 0 unspecified atom stereocenters. The molecular formula is C25H25F7N4O5S. The molecule has 230 valence electrons. The van der Waals surface area contributed by atoms with Crippen molar-refractivity contribution >= 4 is 27.4 Å². The predicted molar refractivity (Wildman–Crippen MR) is 133 cm³/mol. The van der Waals surface area contributed by atoms with Gasteiger partial charge in [-0.2, -0.15) is 31.4 Å². The Labute approximate surface area is 235 Å². The second-order valence-corrected chi connectivity index (χ2v) is 11.8. The number of sulfonamides is 1. The topological polar surface area (TPSA) is 119 Å². The fourth-order valence-corrected chi connectivity index (χ4v) is 5.76. The molecule has 2 amide bonds. The molecule has 0 saturated heterocycles. The van der Waals surface area contributed by atoms with Crippen LogP contribution in [0.25, 0.3) is 5.57 Å². The Kier molecular flexibility index (Phi) is 8.37. The van der Waals surface area contributed by atoms with Crippen molar-refractivity contribution in [1.29, 1.82) is 0 Å². The minimum absolute atomic E-state index is 0.237. The third-order valence-corrected chi connectivity index (χ3v) is 8.57. The van der Waals surface area contributed by atoms with Crippen molar-refractivity contribution in [2.24, 2.45) is 0 Å². The zero-order valence-corrected chi connectivity index (χ0v) is 22.7. The SMILES string of the molecule is CCn1ccc(C2=C(C(=O)NS(=O)(=O)C3CC3)C(=O)N[C@@](c3ccc(OCCCC(F)(F)F)cc3F)(C(F)(F)F)C2)n1. The number of rotatable bonds is 10. The Bertz CT molecular complexity index is 1510. The molecule has 1 saturated carbocycles. The number of aryl methyl sites for hydroxylation is 1. The number of nitrogens with one attached hydrogen (secondary N) is 2. The van der Waals surface area contributed by atoms with Crippen LogP contribution in [0.4, 0.5) is 30.7 Å². The highest BCUT2D eigenvalue weighted by Crippen LogP contribution is 2.49. The highest BCUT2D eigenvalue weighted by molar-refractivity contribution is 7.91. The van der Waals surface area contributed by atoms with Crippen LogP contribution in [-0.4, -0.2) is 54.2 Å². The largest absolute Gasteiger partial charge is 0.493 e. The maximum absolute atomic E-state index is 15.3. The fourth-order valence-electron chi connectivity index (χ4n) is 4.47. The van der Waals surface area contributed by atoms with Gasteiger partial charge in [-0.1, -0.05) is 0 Å². The lowest BCUT2D eigenvalue weighted by molar-refractivity contribution is -0.202. The quantitative estimate of drug-likeness (QED) is 0.233. The molecule has 0 radical (unpaired) electrons. The third-order valence-electron chi connectivity index (χ3n) is 6.75. The van der Waals surface area contributed by atoms with Gasteiger partial charge in [0.2, 0.25) is 10.0 Å². The van der Waals surface area contributed by atoms with Crippen molar-refractivity contribution in [2.75, 3.05) is 6.61 Å². The first-order valence-electron chi connectivity index (χ1n) is 12.7. The number of ether oxygens (including phenoxy) is 1. The zero-order chi connectivity index (χ0) is 31.1. The van der Waals surface area contributed by atoms with Gasteiger partial charge in [0.15, 0.2) is 5.54 Å². The first kappa shape index (κ1) is 31.3. The summed E-state index contributed by atoms with van der Waals surface area (Å²) >= 11 is 0. The zero-order valence-electron chi connectivity index (χ0n) is 21.9. The lowest BCUT2D eigenvalue weighted by Crippen LogP contribution is -2.60. The Morgan fingerprint density at radius 2 is 1.88 bits per heavy atom. The molecule has 1 atom stereocenters. The Hall–Kier alpha value is -3.63. The number of aromatic nitrogens is 2. The van der Waals surface area contributed by atoms with E-state index < -0.39 is 93.4 Å². The summed E-state index contributed by atoms with van der Waals surface area (Å²) in [6, 6.07) is 3.36. The standard InChI is InChI=1S/C25H25F7N4O5S/c1-2-36-10-8-19(34-36)16-13-23(25(30,31)32,33-21(37)20(16)22(38)35-42(39,40)15-5-6-15)17-7-4-14(12-18(17)26)41-11-3-9-24(27,28)29/h4,7-8,10,12,15H,2-3,5-6,9,11,13H2,1H3,(H,33,37)(H,35,38)/t23-/m0/s1. The molecule has 0 spiro atoms. The van der Waals surface area contributed by atoms with Crippen LogP contribution in [0.5, 0.6) is 5.75 Å². The third kappa shape index (κ3) is 6.55. The molecular weight excluding hydrogens is 601 g/mol. The van der Waals surface area contributed by atoms with E-state index in [0.717, 1.165) is 6.07 Å². The van der Waals surface area contributed by atoms with Gasteiger partial charge in [0.1, 0.15) is 17.1 Å². The molecule has 1 aromatic heterocycles. The minimum atomic E-state index is -5.36. The van der Waals surface area contributed by atoms with Gasteiger partial charge in [-0.05, 0) is 44.4 Å². The molecule has 17 heteroatoms. The highest BCUT2D eigenvalue weighted by atomic mass is 32.2.